The Morgan fingerprint density at radius 2 is 2.21 bits per heavy atom. The Labute approximate surface area is 139 Å². The number of urea groups is 1. The van der Waals surface area contributed by atoms with Crippen molar-refractivity contribution in [2.75, 3.05) is 32.2 Å². The van der Waals surface area contributed by atoms with Crippen molar-refractivity contribution >= 4 is 11.7 Å². The third kappa shape index (κ3) is 3.35. The molecule has 1 aliphatic heterocycles. The third-order valence-corrected chi connectivity index (χ3v) is 3.88. The number of halogens is 1. The number of ether oxygens (including phenoxy) is 2. The predicted molar refractivity (Wildman–Crippen MR) is 85.7 cm³/mol. The van der Waals surface area contributed by atoms with E-state index in [1.165, 1.54) is 25.3 Å². The Bertz CT molecular complexity index is 731. The van der Waals surface area contributed by atoms with Crippen molar-refractivity contribution in [3.63, 3.8) is 0 Å². The van der Waals surface area contributed by atoms with Crippen LogP contribution < -0.4 is 10.1 Å². The molecule has 1 saturated heterocycles. The Kier molecular flexibility index (Phi) is 4.71. The number of rotatable bonds is 3. The maximum absolute atomic E-state index is 13.5. The van der Waals surface area contributed by atoms with Gasteiger partial charge in [0.15, 0.2) is 0 Å². The number of benzene rings is 1. The average molecular weight is 334 g/mol. The highest BCUT2D eigenvalue weighted by Gasteiger charge is 2.31. The van der Waals surface area contributed by atoms with E-state index < -0.39 is 5.82 Å². The highest BCUT2D eigenvalue weighted by molar-refractivity contribution is 5.91. The standard InChI is InChI=1S/C17H19FN2O4/c1-11-3-5-16(24-11)14-10-23-8-7-20(14)17(21)19-13-9-12(18)4-6-15(13)22-2/h3-6,9,14H,7-8,10H2,1-2H3,(H,19,21). The molecule has 0 saturated carbocycles. The molecule has 2 heterocycles. The fraction of sp³-hybridized carbons (Fsp3) is 0.353. The number of nitrogens with zero attached hydrogens (tertiary/aromatic N) is 1. The number of anilines is 1. The Balaban J connectivity index is 1.81. The number of amides is 2. The summed E-state index contributed by atoms with van der Waals surface area (Å²) in [6.07, 6.45) is 0. The van der Waals surface area contributed by atoms with Crippen LogP contribution in [0.5, 0.6) is 5.75 Å². The topological polar surface area (TPSA) is 63.9 Å². The van der Waals surface area contributed by atoms with Crippen LogP contribution in [0.3, 0.4) is 0 Å². The van der Waals surface area contributed by atoms with Gasteiger partial charge in [0.25, 0.3) is 0 Å². The van der Waals surface area contributed by atoms with Crippen molar-refractivity contribution in [3.05, 3.63) is 47.7 Å². The van der Waals surface area contributed by atoms with Gasteiger partial charge in [-0.25, -0.2) is 9.18 Å². The Morgan fingerprint density at radius 1 is 1.38 bits per heavy atom. The van der Waals surface area contributed by atoms with Crippen molar-refractivity contribution in [3.8, 4) is 5.75 Å². The summed E-state index contributed by atoms with van der Waals surface area (Å²) < 4.78 is 29.7. The molecule has 2 aromatic rings. The van der Waals surface area contributed by atoms with Crippen molar-refractivity contribution in [2.45, 2.75) is 13.0 Å². The SMILES string of the molecule is COc1ccc(F)cc1NC(=O)N1CCOCC1c1ccc(C)o1. The smallest absolute Gasteiger partial charge is 0.322 e. The summed E-state index contributed by atoms with van der Waals surface area (Å²) in [5.41, 5.74) is 0.281. The van der Waals surface area contributed by atoms with E-state index in [9.17, 15) is 9.18 Å². The molecule has 2 amide bonds. The molecule has 1 unspecified atom stereocenters. The van der Waals surface area contributed by atoms with Crippen LogP contribution in [0.1, 0.15) is 17.6 Å². The van der Waals surface area contributed by atoms with Crippen LogP contribution in [0.25, 0.3) is 0 Å². The van der Waals surface area contributed by atoms with E-state index in [2.05, 4.69) is 5.32 Å². The lowest BCUT2D eigenvalue weighted by molar-refractivity contribution is 0.00709. The molecule has 0 bridgehead atoms. The highest BCUT2D eigenvalue weighted by Crippen LogP contribution is 2.29. The van der Waals surface area contributed by atoms with Gasteiger partial charge in [-0.05, 0) is 31.2 Å². The van der Waals surface area contributed by atoms with Gasteiger partial charge in [0.05, 0.1) is 26.0 Å². The summed E-state index contributed by atoms with van der Waals surface area (Å²) in [6.45, 7) is 3.04. The van der Waals surface area contributed by atoms with Gasteiger partial charge in [-0.2, -0.15) is 0 Å². The molecule has 0 aliphatic carbocycles. The molecule has 24 heavy (non-hydrogen) atoms. The lowest BCUT2D eigenvalue weighted by Gasteiger charge is -2.34. The zero-order chi connectivity index (χ0) is 17.1. The van der Waals surface area contributed by atoms with Crippen molar-refractivity contribution in [1.82, 2.24) is 4.90 Å². The molecule has 1 fully saturated rings. The lowest BCUT2D eigenvalue weighted by Crippen LogP contribution is -2.45. The molecule has 128 valence electrons. The van der Waals surface area contributed by atoms with Crippen LogP contribution in [-0.4, -0.2) is 37.8 Å². The van der Waals surface area contributed by atoms with E-state index in [1.54, 1.807) is 4.90 Å². The van der Waals surface area contributed by atoms with Crippen LogP contribution >= 0.6 is 0 Å². The second-order valence-corrected chi connectivity index (χ2v) is 5.51. The fourth-order valence-corrected chi connectivity index (χ4v) is 2.68. The number of methoxy groups -OCH3 is 1. The minimum atomic E-state index is -0.453. The van der Waals surface area contributed by atoms with E-state index >= 15 is 0 Å². The predicted octanol–water partition coefficient (Wildman–Crippen LogP) is 3.34. The molecule has 7 heteroatoms. The molecule has 1 aromatic carbocycles. The number of morpholine rings is 1. The molecular formula is C17H19FN2O4. The Hall–Kier alpha value is -2.54. The molecular weight excluding hydrogens is 315 g/mol. The molecule has 1 N–H and O–H groups in total. The monoisotopic (exact) mass is 334 g/mol. The number of aryl methyl sites for hydroxylation is 1. The quantitative estimate of drug-likeness (QED) is 0.935. The van der Waals surface area contributed by atoms with E-state index in [0.29, 0.717) is 31.3 Å². The zero-order valence-corrected chi connectivity index (χ0v) is 13.5. The van der Waals surface area contributed by atoms with Crippen LogP contribution in [0, 0.1) is 12.7 Å². The second kappa shape index (κ2) is 6.92. The first kappa shape index (κ1) is 16.3. The van der Waals surface area contributed by atoms with Gasteiger partial charge < -0.3 is 24.1 Å². The summed E-state index contributed by atoms with van der Waals surface area (Å²) >= 11 is 0. The van der Waals surface area contributed by atoms with E-state index in [-0.39, 0.29) is 17.8 Å². The molecule has 6 nitrogen and oxygen atoms in total. The van der Waals surface area contributed by atoms with Crippen molar-refractivity contribution in [1.29, 1.82) is 0 Å². The summed E-state index contributed by atoms with van der Waals surface area (Å²) in [7, 11) is 1.46. The molecule has 3 rings (SSSR count). The van der Waals surface area contributed by atoms with Gasteiger partial charge in [0.1, 0.15) is 29.1 Å². The van der Waals surface area contributed by atoms with Crippen LogP contribution in [0.15, 0.2) is 34.7 Å². The first-order chi connectivity index (χ1) is 11.6. The van der Waals surface area contributed by atoms with Gasteiger partial charge in [0.2, 0.25) is 0 Å². The minimum absolute atomic E-state index is 0.281. The first-order valence-electron chi connectivity index (χ1n) is 7.63. The largest absolute Gasteiger partial charge is 0.495 e. The molecule has 0 spiro atoms. The highest BCUT2D eigenvalue weighted by atomic mass is 19.1. The summed E-state index contributed by atoms with van der Waals surface area (Å²) in [6, 6.07) is 6.96. The second-order valence-electron chi connectivity index (χ2n) is 5.51. The van der Waals surface area contributed by atoms with Gasteiger partial charge in [0, 0.05) is 12.6 Å². The van der Waals surface area contributed by atoms with Gasteiger partial charge >= 0.3 is 6.03 Å². The van der Waals surface area contributed by atoms with Gasteiger partial charge in [-0.15, -0.1) is 0 Å². The number of nitrogens with one attached hydrogen (secondary N) is 1. The van der Waals surface area contributed by atoms with E-state index in [1.807, 2.05) is 19.1 Å². The number of hydrogen-bond donors (Lipinski definition) is 1. The maximum Gasteiger partial charge on any atom is 0.322 e. The number of carbonyl (C=O) groups is 1. The average Bonchev–Trinajstić information content (AvgIpc) is 3.01. The first-order valence-corrected chi connectivity index (χ1v) is 7.63. The number of hydrogen-bond acceptors (Lipinski definition) is 4. The zero-order valence-electron chi connectivity index (χ0n) is 13.5. The molecule has 0 radical (unpaired) electrons. The van der Waals surface area contributed by atoms with Crippen LogP contribution in [0.4, 0.5) is 14.9 Å². The van der Waals surface area contributed by atoms with E-state index in [4.69, 9.17) is 13.9 Å². The van der Waals surface area contributed by atoms with Gasteiger partial charge in [-0.1, -0.05) is 0 Å². The normalized spacial score (nSPS) is 17.6. The van der Waals surface area contributed by atoms with Crippen LogP contribution in [0.2, 0.25) is 0 Å². The fourth-order valence-electron chi connectivity index (χ4n) is 2.68. The summed E-state index contributed by atoms with van der Waals surface area (Å²) in [4.78, 5) is 14.3. The third-order valence-electron chi connectivity index (χ3n) is 3.88. The lowest BCUT2D eigenvalue weighted by atomic mass is 10.2. The van der Waals surface area contributed by atoms with Crippen molar-refractivity contribution < 1.29 is 23.1 Å². The molecule has 1 aromatic heterocycles. The number of carbonyl (C=O) groups excluding carboxylic acids is 1. The molecule has 1 atom stereocenters. The number of furan rings is 1. The Morgan fingerprint density at radius 3 is 2.92 bits per heavy atom. The summed E-state index contributed by atoms with van der Waals surface area (Å²) in [5.74, 6) is 1.37. The minimum Gasteiger partial charge on any atom is -0.495 e. The molecule has 1 aliphatic rings. The summed E-state index contributed by atoms with van der Waals surface area (Å²) in [5, 5.41) is 2.70. The van der Waals surface area contributed by atoms with Crippen molar-refractivity contribution in [2.24, 2.45) is 0 Å². The van der Waals surface area contributed by atoms with Gasteiger partial charge in [-0.3, -0.25) is 0 Å². The maximum atomic E-state index is 13.5. The van der Waals surface area contributed by atoms with Crippen LogP contribution in [-0.2, 0) is 4.74 Å². The van der Waals surface area contributed by atoms with E-state index in [0.717, 1.165) is 5.76 Å².